The quantitative estimate of drug-likeness (QED) is 0.467. The van der Waals surface area contributed by atoms with Gasteiger partial charge >= 0.3 is 0 Å². The standard InChI is InChI=1S/C23H32N6O/c1-2-8-21-22(27-20-10-4-3-9-19(20)26-21)30-18-6-5-13-28-14-16-29(17-15-28)23-24-11-7-12-25-23/h2,7,11-12H,1,3-6,8-10,13-18H2. The summed E-state index contributed by atoms with van der Waals surface area (Å²) in [5.41, 5.74) is 3.22. The fraction of sp³-hybridized carbons (Fsp3) is 0.565. The van der Waals surface area contributed by atoms with E-state index < -0.39 is 0 Å². The second kappa shape index (κ2) is 10.5. The number of aryl methyl sites for hydroxylation is 2. The van der Waals surface area contributed by atoms with Gasteiger partial charge in [-0.3, -0.25) is 4.90 Å². The number of hydrogen-bond acceptors (Lipinski definition) is 7. The van der Waals surface area contributed by atoms with E-state index in [2.05, 4.69) is 26.3 Å². The van der Waals surface area contributed by atoms with Crippen LogP contribution in [0, 0.1) is 0 Å². The minimum absolute atomic E-state index is 0.690. The minimum atomic E-state index is 0.690. The maximum absolute atomic E-state index is 6.06. The van der Waals surface area contributed by atoms with Crippen molar-refractivity contribution in [3.05, 3.63) is 48.2 Å². The molecule has 0 radical (unpaired) electrons. The Balaban J connectivity index is 1.19. The Morgan fingerprint density at radius 2 is 1.70 bits per heavy atom. The molecule has 0 saturated carbocycles. The van der Waals surface area contributed by atoms with E-state index in [0.717, 1.165) is 81.4 Å². The van der Waals surface area contributed by atoms with Crippen molar-refractivity contribution in [2.45, 2.75) is 44.9 Å². The molecule has 0 amide bonds. The van der Waals surface area contributed by atoms with Crippen LogP contribution < -0.4 is 9.64 Å². The topological polar surface area (TPSA) is 67.3 Å². The van der Waals surface area contributed by atoms with Gasteiger partial charge < -0.3 is 9.64 Å². The number of nitrogens with zero attached hydrogens (tertiary/aromatic N) is 6. The molecule has 160 valence electrons. The smallest absolute Gasteiger partial charge is 0.236 e. The van der Waals surface area contributed by atoms with Gasteiger partial charge in [0.2, 0.25) is 11.8 Å². The van der Waals surface area contributed by atoms with Crippen LogP contribution in [-0.2, 0) is 19.3 Å². The van der Waals surface area contributed by atoms with Crippen LogP contribution in [0.2, 0.25) is 0 Å². The molecular formula is C23H32N6O. The van der Waals surface area contributed by atoms with Gasteiger partial charge in [-0.1, -0.05) is 6.08 Å². The number of fused-ring (bicyclic) bond motifs is 1. The van der Waals surface area contributed by atoms with E-state index in [1.165, 1.54) is 12.8 Å². The number of ether oxygens (including phenoxy) is 1. The highest BCUT2D eigenvalue weighted by Gasteiger charge is 2.19. The summed E-state index contributed by atoms with van der Waals surface area (Å²) in [5.74, 6) is 1.55. The Morgan fingerprint density at radius 1 is 0.967 bits per heavy atom. The molecule has 2 aliphatic rings. The first kappa shape index (κ1) is 20.7. The van der Waals surface area contributed by atoms with Crippen molar-refractivity contribution in [3.8, 4) is 5.88 Å². The molecule has 0 spiro atoms. The lowest BCUT2D eigenvalue weighted by Crippen LogP contribution is -2.47. The lowest BCUT2D eigenvalue weighted by molar-refractivity contribution is 0.234. The zero-order valence-electron chi connectivity index (χ0n) is 17.8. The minimum Gasteiger partial charge on any atom is -0.476 e. The lowest BCUT2D eigenvalue weighted by atomic mass is 10.0. The predicted molar refractivity (Wildman–Crippen MR) is 118 cm³/mol. The summed E-state index contributed by atoms with van der Waals surface area (Å²) in [4.78, 5) is 23.1. The molecule has 2 aromatic rings. The maximum atomic E-state index is 6.06. The summed E-state index contributed by atoms with van der Waals surface area (Å²) in [6, 6.07) is 1.86. The fourth-order valence-corrected chi connectivity index (χ4v) is 4.13. The molecule has 7 heteroatoms. The third kappa shape index (κ3) is 5.33. The molecule has 1 saturated heterocycles. The number of anilines is 1. The summed E-state index contributed by atoms with van der Waals surface area (Å²) in [6.07, 6.45) is 12.8. The summed E-state index contributed by atoms with van der Waals surface area (Å²) in [6.45, 7) is 9.72. The Labute approximate surface area is 179 Å². The number of allylic oxidation sites excluding steroid dienone is 1. The molecule has 2 aromatic heterocycles. The van der Waals surface area contributed by atoms with Crippen LogP contribution in [0.4, 0.5) is 5.95 Å². The van der Waals surface area contributed by atoms with Crippen LogP contribution in [-0.4, -0.2) is 64.2 Å². The molecule has 1 aliphatic heterocycles. The van der Waals surface area contributed by atoms with Crippen molar-refractivity contribution >= 4 is 5.95 Å². The van der Waals surface area contributed by atoms with E-state index in [0.29, 0.717) is 18.9 Å². The summed E-state index contributed by atoms with van der Waals surface area (Å²) >= 11 is 0. The average molecular weight is 409 g/mol. The number of unbranched alkanes of at least 4 members (excludes halogenated alkanes) is 1. The van der Waals surface area contributed by atoms with Crippen molar-refractivity contribution in [2.75, 3.05) is 44.2 Å². The van der Waals surface area contributed by atoms with E-state index in [1.54, 1.807) is 0 Å². The highest BCUT2D eigenvalue weighted by Crippen LogP contribution is 2.23. The SMILES string of the molecule is C=CCc1nc2c(nc1OCCCCN1CCN(c3ncccn3)CC1)CCCC2. The largest absolute Gasteiger partial charge is 0.476 e. The predicted octanol–water partition coefficient (Wildman–Crippen LogP) is 2.86. The number of rotatable bonds is 9. The van der Waals surface area contributed by atoms with Crippen LogP contribution in [0.15, 0.2) is 31.1 Å². The second-order valence-electron chi connectivity index (χ2n) is 8.00. The van der Waals surface area contributed by atoms with Crippen molar-refractivity contribution in [2.24, 2.45) is 0 Å². The third-order valence-corrected chi connectivity index (χ3v) is 5.82. The first-order chi connectivity index (χ1) is 14.8. The monoisotopic (exact) mass is 408 g/mol. The van der Waals surface area contributed by atoms with Crippen molar-refractivity contribution in [3.63, 3.8) is 0 Å². The average Bonchev–Trinajstić information content (AvgIpc) is 2.80. The molecule has 7 nitrogen and oxygen atoms in total. The van der Waals surface area contributed by atoms with Crippen LogP contribution >= 0.6 is 0 Å². The Bertz CT molecular complexity index is 820. The fourth-order valence-electron chi connectivity index (χ4n) is 4.13. The Kier molecular flexibility index (Phi) is 7.24. The molecule has 0 atom stereocenters. The number of aromatic nitrogens is 4. The molecule has 30 heavy (non-hydrogen) atoms. The maximum Gasteiger partial charge on any atom is 0.236 e. The van der Waals surface area contributed by atoms with Gasteiger partial charge in [-0.15, -0.1) is 6.58 Å². The van der Waals surface area contributed by atoms with Crippen molar-refractivity contribution in [1.29, 1.82) is 0 Å². The van der Waals surface area contributed by atoms with Gasteiger partial charge in [0.15, 0.2) is 0 Å². The molecule has 0 unspecified atom stereocenters. The van der Waals surface area contributed by atoms with Gasteiger partial charge in [0.1, 0.15) is 5.69 Å². The first-order valence-corrected chi connectivity index (χ1v) is 11.2. The Morgan fingerprint density at radius 3 is 2.43 bits per heavy atom. The summed E-state index contributed by atoms with van der Waals surface area (Å²) in [5, 5.41) is 0. The van der Waals surface area contributed by atoms with Crippen LogP contribution in [0.1, 0.15) is 42.8 Å². The zero-order chi connectivity index (χ0) is 20.6. The van der Waals surface area contributed by atoms with Crippen LogP contribution in [0.25, 0.3) is 0 Å². The van der Waals surface area contributed by atoms with Gasteiger partial charge in [0.05, 0.1) is 18.0 Å². The molecule has 0 N–H and O–H groups in total. The zero-order valence-corrected chi connectivity index (χ0v) is 17.8. The van der Waals surface area contributed by atoms with E-state index in [-0.39, 0.29) is 0 Å². The first-order valence-electron chi connectivity index (χ1n) is 11.2. The van der Waals surface area contributed by atoms with E-state index in [1.807, 2.05) is 24.5 Å². The van der Waals surface area contributed by atoms with E-state index in [4.69, 9.17) is 14.7 Å². The molecule has 0 bridgehead atoms. The number of hydrogen-bond donors (Lipinski definition) is 0. The molecule has 1 aliphatic carbocycles. The van der Waals surface area contributed by atoms with Gasteiger partial charge in [-0.25, -0.2) is 19.9 Å². The highest BCUT2D eigenvalue weighted by atomic mass is 16.5. The summed E-state index contributed by atoms with van der Waals surface area (Å²) < 4.78 is 6.06. The molecular weight excluding hydrogens is 376 g/mol. The second-order valence-corrected chi connectivity index (χ2v) is 8.00. The number of piperazine rings is 1. The Hall–Kier alpha value is -2.54. The van der Waals surface area contributed by atoms with Crippen molar-refractivity contribution in [1.82, 2.24) is 24.8 Å². The van der Waals surface area contributed by atoms with Crippen LogP contribution in [0.5, 0.6) is 5.88 Å². The third-order valence-electron chi connectivity index (χ3n) is 5.82. The lowest BCUT2D eigenvalue weighted by Gasteiger charge is -2.34. The van der Waals surface area contributed by atoms with Crippen LogP contribution in [0.3, 0.4) is 0 Å². The van der Waals surface area contributed by atoms with Crippen molar-refractivity contribution < 1.29 is 4.74 Å². The van der Waals surface area contributed by atoms with Gasteiger partial charge in [-0.2, -0.15) is 0 Å². The van der Waals surface area contributed by atoms with Gasteiger partial charge in [0, 0.05) is 45.0 Å². The van der Waals surface area contributed by atoms with Gasteiger partial charge in [0.25, 0.3) is 0 Å². The van der Waals surface area contributed by atoms with Gasteiger partial charge in [-0.05, 0) is 51.1 Å². The normalized spacial score (nSPS) is 16.9. The molecule has 1 fully saturated rings. The van der Waals surface area contributed by atoms with E-state index >= 15 is 0 Å². The molecule has 4 rings (SSSR count). The van der Waals surface area contributed by atoms with E-state index in [9.17, 15) is 0 Å². The molecule has 3 heterocycles. The molecule has 0 aromatic carbocycles. The summed E-state index contributed by atoms with van der Waals surface area (Å²) in [7, 11) is 0. The highest BCUT2D eigenvalue weighted by molar-refractivity contribution is 5.29.